The van der Waals surface area contributed by atoms with E-state index in [0.29, 0.717) is 0 Å². The second-order valence-corrected chi connectivity index (χ2v) is 3.72. The summed E-state index contributed by atoms with van der Waals surface area (Å²) in [4.78, 5) is 8.55. The van der Waals surface area contributed by atoms with Gasteiger partial charge < -0.3 is 10.4 Å². The third-order valence-electron chi connectivity index (χ3n) is 2.32. The lowest BCUT2D eigenvalue weighted by Gasteiger charge is -2.10. The largest absolute Gasteiger partial charge is 0.393 e. The SMILES string of the molecule is CCC(O)CCNc1nc(C)cnc1C. The number of aryl methyl sites for hydroxylation is 2. The van der Waals surface area contributed by atoms with Crippen LogP contribution in [-0.4, -0.2) is 27.7 Å². The molecule has 4 heteroatoms. The lowest BCUT2D eigenvalue weighted by atomic mass is 10.2. The molecular formula is C11H19N3O. The highest BCUT2D eigenvalue weighted by Gasteiger charge is 2.03. The maximum Gasteiger partial charge on any atom is 0.147 e. The van der Waals surface area contributed by atoms with Crippen molar-refractivity contribution in [1.82, 2.24) is 9.97 Å². The summed E-state index contributed by atoms with van der Waals surface area (Å²) >= 11 is 0. The minimum atomic E-state index is -0.226. The van der Waals surface area contributed by atoms with Crippen LogP contribution in [0, 0.1) is 13.8 Å². The zero-order valence-electron chi connectivity index (χ0n) is 9.62. The van der Waals surface area contributed by atoms with Crippen molar-refractivity contribution in [2.24, 2.45) is 0 Å². The number of anilines is 1. The number of nitrogens with zero attached hydrogens (tertiary/aromatic N) is 2. The van der Waals surface area contributed by atoms with Gasteiger partial charge in [0, 0.05) is 12.7 Å². The quantitative estimate of drug-likeness (QED) is 0.774. The van der Waals surface area contributed by atoms with E-state index in [1.807, 2.05) is 20.8 Å². The molecular weight excluding hydrogens is 190 g/mol. The van der Waals surface area contributed by atoms with Crippen LogP contribution in [0.4, 0.5) is 5.82 Å². The fraction of sp³-hybridized carbons (Fsp3) is 0.636. The molecule has 0 spiro atoms. The standard InChI is InChI=1S/C11H19N3O/c1-4-10(15)5-6-12-11-9(3)13-7-8(2)14-11/h7,10,15H,4-6H2,1-3H3,(H,12,14). The minimum absolute atomic E-state index is 0.226. The van der Waals surface area contributed by atoms with Gasteiger partial charge in [0.25, 0.3) is 0 Å². The Kier molecular flexibility index (Phi) is 4.49. The summed E-state index contributed by atoms with van der Waals surface area (Å²) in [5.41, 5.74) is 1.80. The molecule has 0 aliphatic carbocycles. The molecule has 0 aliphatic rings. The zero-order valence-corrected chi connectivity index (χ0v) is 9.62. The molecule has 0 saturated carbocycles. The average molecular weight is 209 g/mol. The second-order valence-electron chi connectivity index (χ2n) is 3.72. The van der Waals surface area contributed by atoms with Crippen molar-refractivity contribution in [1.29, 1.82) is 0 Å². The van der Waals surface area contributed by atoms with E-state index in [1.54, 1.807) is 6.20 Å². The van der Waals surface area contributed by atoms with Gasteiger partial charge in [0.2, 0.25) is 0 Å². The Hall–Kier alpha value is -1.16. The van der Waals surface area contributed by atoms with Crippen LogP contribution in [0.5, 0.6) is 0 Å². The number of rotatable bonds is 5. The molecule has 1 aromatic heterocycles. The lowest BCUT2D eigenvalue weighted by molar-refractivity contribution is 0.164. The molecule has 0 fully saturated rings. The van der Waals surface area contributed by atoms with Gasteiger partial charge in [-0.1, -0.05) is 6.92 Å². The molecule has 1 aromatic rings. The van der Waals surface area contributed by atoms with Crippen LogP contribution in [0.1, 0.15) is 31.2 Å². The minimum Gasteiger partial charge on any atom is -0.393 e. The summed E-state index contributed by atoms with van der Waals surface area (Å²) < 4.78 is 0. The molecule has 1 atom stereocenters. The van der Waals surface area contributed by atoms with E-state index < -0.39 is 0 Å². The van der Waals surface area contributed by atoms with Crippen molar-refractivity contribution >= 4 is 5.82 Å². The van der Waals surface area contributed by atoms with Gasteiger partial charge in [0.15, 0.2) is 0 Å². The Morgan fingerprint density at radius 1 is 1.47 bits per heavy atom. The van der Waals surface area contributed by atoms with Crippen molar-refractivity contribution in [2.75, 3.05) is 11.9 Å². The summed E-state index contributed by atoms with van der Waals surface area (Å²) in [7, 11) is 0. The van der Waals surface area contributed by atoms with E-state index in [2.05, 4.69) is 15.3 Å². The second kappa shape index (κ2) is 5.66. The van der Waals surface area contributed by atoms with E-state index in [9.17, 15) is 5.11 Å². The highest BCUT2D eigenvalue weighted by molar-refractivity contribution is 5.39. The number of nitrogens with one attached hydrogen (secondary N) is 1. The highest BCUT2D eigenvalue weighted by Crippen LogP contribution is 2.08. The summed E-state index contributed by atoms with van der Waals surface area (Å²) in [5, 5.41) is 12.6. The Morgan fingerprint density at radius 3 is 2.87 bits per heavy atom. The van der Waals surface area contributed by atoms with Crippen LogP contribution in [0.15, 0.2) is 6.20 Å². The smallest absolute Gasteiger partial charge is 0.147 e. The summed E-state index contributed by atoms with van der Waals surface area (Å²) in [5.74, 6) is 0.818. The number of hydrogen-bond donors (Lipinski definition) is 2. The van der Waals surface area contributed by atoms with Gasteiger partial charge >= 0.3 is 0 Å². The van der Waals surface area contributed by atoms with Crippen molar-refractivity contribution in [2.45, 2.75) is 39.7 Å². The van der Waals surface area contributed by atoms with Crippen molar-refractivity contribution in [3.05, 3.63) is 17.6 Å². The third-order valence-corrected chi connectivity index (χ3v) is 2.32. The maximum absolute atomic E-state index is 9.38. The molecule has 0 aliphatic heterocycles. The van der Waals surface area contributed by atoms with E-state index in [-0.39, 0.29) is 6.10 Å². The van der Waals surface area contributed by atoms with Crippen LogP contribution in [0.25, 0.3) is 0 Å². The van der Waals surface area contributed by atoms with Crippen LogP contribution in [0.2, 0.25) is 0 Å². The molecule has 2 N–H and O–H groups in total. The molecule has 0 bridgehead atoms. The number of aliphatic hydroxyl groups is 1. The van der Waals surface area contributed by atoms with Crippen LogP contribution in [0.3, 0.4) is 0 Å². The molecule has 1 unspecified atom stereocenters. The first-order chi connectivity index (χ1) is 7.13. The molecule has 1 heterocycles. The molecule has 4 nitrogen and oxygen atoms in total. The van der Waals surface area contributed by atoms with E-state index in [4.69, 9.17) is 0 Å². The van der Waals surface area contributed by atoms with Gasteiger partial charge in [-0.3, -0.25) is 4.98 Å². The molecule has 0 aromatic carbocycles. The van der Waals surface area contributed by atoms with E-state index in [1.165, 1.54) is 0 Å². The zero-order chi connectivity index (χ0) is 11.3. The van der Waals surface area contributed by atoms with Crippen molar-refractivity contribution in [3.8, 4) is 0 Å². The van der Waals surface area contributed by atoms with E-state index in [0.717, 1.165) is 36.6 Å². The first-order valence-corrected chi connectivity index (χ1v) is 5.35. The fourth-order valence-electron chi connectivity index (χ4n) is 1.27. The van der Waals surface area contributed by atoms with Crippen LogP contribution < -0.4 is 5.32 Å². The highest BCUT2D eigenvalue weighted by atomic mass is 16.3. The Morgan fingerprint density at radius 2 is 2.20 bits per heavy atom. The average Bonchev–Trinajstić information content (AvgIpc) is 2.23. The number of aliphatic hydroxyl groups excluding tert-OH is 1. The molecule has 0 radical (unpaired) electrons. The van der Waals surface area contributed by atoms with Gasteiger partial charge in [-0.2, -0.15) is 0 Å². The normalized spacial score (nSPS) is 12.5. The predicted molar refractivity (Wildman–Crippen MR) is 60.9 cm³/mol. The molecule has 1 rings (SSSR count). The lowest BCUT2D eigenvalue weighted by Crippen LogP contribution is -2.14. The van der Waals surface area contributed by atoms with Crippen LogP contribution >= 0.6 is 0 Å². The van der Waals surface area contributed by atoms with Gasteiger partial charge in [0.05, 0.1) is 17.5 Å². The van der Waals surface area contributed by atoms with Crippen molar-refractivity contribution in [3.63, 3.8) is 0 Å². The monoisotopic (exact) mass is 209 g/mol. The third kappa shape index (κ3) is 3.83. The maximum atomic E-state index is 9.38. The summed E-state index contributed by atoms with van der Waals surface area (Å²) in [6, 6.07) is 0. The van der Waals surface area contributed by atoms with E-state index >= 15 is 0 Å². The molecule has 0 saturated heterocycles. The fourth-order valence-corrected chi connectivity index (χ4v) is 1.27. The first kappa shape index (κ1) is 11.9. The number of hydrogen-bond acceptors (Lipinski definition) is 4. The Labute approximate surface area is 90.8 Å². The Bertz CT molecular complexity index is 315. The van der Waals surface area contributed by atoms with Gasteiger partial charge in [0.1, 0.15) is 5.82 Å². The predicted octanol–water partition coefficient (Wildman–Crippen LogP) is 1.67. The molecule has 15 heavy (non-hydrogen) atoms. The van der Waals surface area contributed by atoms with Gasteiger partial charge in [-0.15, -0.1) is 0 Å². The number of aromatic nitrogens is 2. The van der Waals surface area contributed by atoms with Gasteiger partial charge in [-0.25, -0.2) is 4.98 Å². The molecule has 84 valence electrons. The summed E-state index contributed by atoms with van der Waals surface area (Å²) in [6.07, 6.45) is 3.06. The topological polar surface area (TPSA) is 58.0 Å². The summed E-state index contributed by atoms with van der Waals surface area (Å²) in [6.45, 7) is 6.54. The van der Waals surface area contributed by atoms with Crippen molar-refractivity contribution < 1.29 is 5.11 Å². The molecule has 0 amide bonds. The van der Waals surface area contributed by atoms with Crippen LogP contribution in [-0.2, 0) is 0 Å². The Balaban J connectivity index is 2.46. The first-order valence-electron chi connectivity index (χ1n) is 5.35. The van der Waals surface area contributed by atoms with Gasteiger partial charge in [-0.05, 0) is 26.7 Å².